The van der Waals surface area contributed by atoms with Gasteiger partial charge in [-0.15, -0.1) is 0 Å². The Hall–Kier alpha value is -3.73. The van der Waals surface area contributed by atoms with Crippen LogP contribution in [0, 0.1) is 0 Å². The van der Waals surface area contributed by atoms with Crippen LogP contribution in [-0.4, -0.2) is 23.3 Å². The monoisotopic (exact) mass is 374 g/mol. The van der Waals surface area contributed by atoms with Gasteiger partial charge in [0.05, 0.1) is 7.11 Å². The molecule has 0 atom stereocenters. The summed E-state index contributed by atoms with van der Waals surface area (Å²) in [7, 11) is 1.47. The van der Waals surface area contributed by atoms with E-state index in [1.165, 1.54) is 20.1 Å². The first-order valence-electron chi connectivity index (χ1n) is 8.73. The Bertz CT molecular complexity index is 1230. The number of fused-ring (bicyclic) bond motifs is 2. The Kier molecular flexibility index (Phi) is 4.28. The molecular formula is C23H18O5. The van der Waals surface area contributed by atoms with E-state index in [-0.39, 0.29) is 17.2 Å². The maximum absolute atomic E-state index is 11.6. The van der Waals surface area contributed by atoms with E-state index in [0.29, 0.717) is 27.5 Å². The van der Waals surface area contributed by atoms with Gasteiger partial charge >= 0.3 is 5.97 Å². The van der Waals surface area contributed by atoms with Crippen molar-refractivity contribution >= 4 is 27.5 Å². The molecule has 0 aliphatic carbocycles. The first kappa shape index (κ1) is 17.7. The van der Waals surface area contributed by atoms with E-state index in [1.54, 1.807) is 18.2 Å². The first-order valence-corrected chi connectivity index (χ1v) is 8.73. The van der Waals surface area contributed by atoms with E-state index in [9.17, 15) is 15.0 Å². The molecule has 0 saturated heterocycles. The third-order valence-corrected chi connectivity index (χ3v) is 4.71. The molecule has 0 amide bonds. The lowest BCUT2D eigenvalue weighted by molar-refractivity contribution is -0.131. The number of carbonyl (C=O) groups is 1. The number of hydrogen-bond acceptors (Lipinski definition) is 5. The summed E-state index contributed by atoms with van der Waals surface area (Å²) in [6.07, 6.45) is 0. The van der Waals surface area contributed by atoms with Gasteiger partial charge in [0.1, 0.15) is 11.5 Å². The maximum atomic E-state index is 11.6. The number of phenols is 2. The second-order valence-electron chi connectivity index (χ2n) is 6.43. The number of carbonyl (C=O) groups excluding carboxylic acids is 1. The third-order valence-electron chi connectivity index (χ3n) is 4.71. The molecule has 0 spiro atoms. The van der Waals surface area contributed by atoms with E-state index in [1.807, 2.05) is 36.4 Å². The van der Waals surface area contributed by atoms with Crippen molar-refractivity contribution in [3.05, 3.63) is 60.7 Å². The Balaban J connectivity index is 2.21. The molecule has 28 heavy (non-hydrogen) atoms. The summed E-state index contributed by atoms with van der Waals surface area (Å²) >= 11 is 0. The lowest BCUT2D eigenvalue weighted by Gasteiger charge is -2.17. The van der Waals surface area contributed by atoms with Gasteiger partial charge in [-0.25, -0.2) is 0 Å². The standard InChI is InChI=1S/C23H18O5/c1-13(24)28-20-10-6-5-9-16(20)22-14-7-3-4-8-15(14)23(26)18-11-19(25)21(27-2)12-17(18)22/h3-12,25-26H,1-2H3. The molecule has 0 aliphatic rings. The zero-order chi connectivity index (χ0) is 19.8. The van der Waals surface area contributed by atoms with Gasteiger partial charge in [-0.05, 0) is 29.0 Å². The van der Waals surface area contributed by atoms with Crippen LogP contribution < -0.4 is 9.47 Å². The minimum Gasteiger partial charge on any atom is -0.507 e. The second-order valence-corrected chi connectivity index (χ2v) is 6.43. The Labute approximate surface area is 161 Å². The molecule has 4 aromatic rings. The molecule has 4 rings (SSSR count). The Morgan fingerprint density at radius 1 is 0.821 bits per heavy atom. The number of rotatable bonds is 3. The van der Waals surface area contributed by atoms with E-state index >= 15 is 0 Å². The fourth-order valence-electron chi connectivity index (χ4n) is 3.54. The quantitative estimate of drug-likeness (QED) is 0.300. The van der Waals surface area contributed by atoms with Gasteiger partial charge in [0.25, 0.3) is 0 Å². The number of benzene rings is 4. The molecule has 0 heterocycles. The summed E-state index contributed by atoms with van der Waals surface area (Å²) in [5.41, 5.74) is 1.48. The van der Waals surface area contributed by atoms with Crippen LogP contribution in [0.15, 0.2) is 60.7 Å². The van der Waals surface area contributed by atoms with Crippen molar-refractivity contribution in [2.45, 2.75) is 6.92 Å². The highest BCUT2D eigenvalue weighted by Crippen LogP contribution is 2.47. The van der Waals surface area contributed by atoms with Gasteiger partial charge in [0, 0.05) is 28.8 Å². The minimum atomic E-state index is -0.421. The molecule has 0 bridgehead atoms. The largest absolute Gasteiger partial charge is 0.507 e. The van der Waals surface area contributed by atoms with Crippen LogP contribution in [0.5, 0.6) is 23.0 Å². The van der Waals surface area contributed by atoms with E-state index in [0.717, 1.165) is 10.9 Å². The predicted octanol–water partition coefficient (Wildman–Crippen LogP) is 5.01. The number of phenolic OH excluding ortho intramolecular Hbond substituents is 2. The molecule has 2 N–H and O–H groups in total. The number of aromatic hydroxyl groups is 2. The summed E-state index contributed by atoms with van der Waals surface area (Å²) in [4.78, 5) is 11.6. The zero-order valence-electron chi connectivity index (χ0n) is 15.4. The lowest BCUT2D eigenvalue weighted by Crippen LogP contribution is -2.02. The van der Waals surface area contributed by atoms with Crippen molar-refractivity contribution < 1.29 is 24.5 Å². The van der Waals surface area contributed by atoms with Crippen molar-refractivity contribution in [3.8, 4) is 34.1 Å². The second kappa shape index (κ2) is 6.78. The van der Waals surface area contributed by atoms with Crippen molar-refractivity contribution in [3.63, 3.8) is 0 Å². The fraction of sp³-hybridized carbons (Fsp3) is 0.0870. The van der Waals surface area contributed by atoms with Gasteiger partial charge in [0.2, 0.25) is 0 Å². The average Bonchev–Trinajstić information content (AvgIpc) is 2.69. The molecule has 5 heteroatoms. The highest BCUT2D eigenvalue weighted by molar-refractivity contribution is 6.18. The number of methoxy groups -OCH3 is 1. The molecule has 0 radical (unpaired) electrons. The fourth-order valence-corrected chi connectivity index (χ4v) is 3.54. The molecule has 0 aromatic heterocycles. The topological polar surface area (TPSA) is 76.0 Å². The van der Waals surface area contributed by atoms with Crippen molar-refractivity contribution in [1.29, 1.82) is 0 Å². The first-order chi connectivity index (χ1) is 13.5. The zero-order valence-corrected chi connectivity index (χ0v) is 15.4. The highest BCUT2D eigenvalue weighted by Gasteiger charge is 2.20. The molecule has 140 valence electrons. The Morgan fingerprint density at radius 3 is 2.21 bits per heavy atom. The summed E-state index contributed by atoms with van der Waals surface area (Å²) in [5.74, 6) is 0.278. The van der Waals surface area contributed by atoms with Gasteiger partial charge in [0.15, 0.2) is 11.5 Å². The van der Waals surface area contributed by atoms with Crippen molar-refractivity contribution in [2.75, 3.05) is 7.11 Å². The minimum absolute atomic E-state index is 0.0669. The van der Waals surface area contributed by atoms with Gasteiger partial charge in [-0.3, -0.25) is 4.79 Å². The van der Waals surface area contributed by atoms with Gasteiger partial charge in [-0.2, -0.15) is 0 Å². The SMILES string of the molecule is COc1cc2c(-c3ccccc3OC(C)=O)c3ccccc3c(O)c2cc1O. The van der Waals surface area contributed by atoms with Crippen LogP contribution >= 0.6 is 0 Å². The molecule has 5 nitrogen and oxygen atoms in total. The molecule has 0 unspecified atom stereocenters. The number of para-hydroxylation sites is 1. The number of hydrogen-bond donors (Lipinski definition) is 2. The molecular weight excluding hydrogens is 356 g/mol. The van der Waals surface area contributed by atoms with E-state index < -0.39 is 5.97 Å². The summed E-state index contributed by atoms with van der Waals surface area (Å²) in [6.45, 7) is 1.35. The average molecular weight is 374 g/mol. The summed E-state index contributed by atoms with van der Waals surface area (Å²) < 4.78 is 10.7. The smallest absolute Gasteiger partial charge is 0.308 e. The normalized spacial score (nSPS) is 10.9. The predicted molar refractivity (Wildman–Crippen MR) is 108 cm³/mol. The van der Waals surface area contributed by atoms with E-state index in [4.69, 9.17) is 9.47 Å². The van der Waals surface area contributed by atoms with Crippen LogP contribution in [0.4, 0.5) is 0 Å². The van der Waals surface area contributed by atoms with Crippen LogP contribution in [-0.2, 0) is 4.79 Å². The Morgan fingerprint density at radius 2 is 1.50 bits per heavy atom. The number of esters is 1. The molecule has 4 aromatic carbocycles. The third kappa shape index (κ3) is 2.77. The molecule has 0 aliphatic heterocycles. The maximum Gasteiger partial charge on any atom is 0.308 e. The van der Waals surface area contributed by atoms with Gasteiger partial charge in [-0.1, -0.05) is 42.5 Å². The molecule has 0 saturated carbocycles. The molecule has 0 fully saturated rings. The van der Waals surface area contributed by atoms with E-state index in [2.05, 4.69) is 0 Å². The van der Waals surface area contributed by atoms with Gasteiger partial charge < -0.3 is 19.7 Å². The van der Waals surface area contributed by atoms with Crippen LogP contribution in [0.25, 0.3) is 32.7 Å². The summed E-state index contributed by atoms with van der Waals surface area (Å²) in [6, 6.07) is 17.8. The van der Waals surface area contributed by atoms with Crippen LogP contribution in [0.1, 0.15) is 6.92 Å². The van der Waals surface area contributed by atoms with Crippen LogP contribution in [0.3, 0.4) is 0 Å². The highest BCUT2D eigenvalue weighted by atomic mass is 16.5. The number of ether oxygens (including phenoxy) is 2. The van der Waals surface area contributed by atoms with Crippen LogP contribution in [0.2, 0.25) is 0 Å². The van der Waals surface area contributed by atoms with Crippen molar-refractivity contribution in [2.24, 2.45) is 0 Å². The van der Waals surface area contributed by atoms with Crippen molar-refractivity contribution in [1.82, 2.24) is 0 Å². The summed E-state index contributed by atoms with van der Waals surface area (Å²) in [5, 5.41) is 23.7. The lowest BCUT2D eigenvalue weighted by atomic mass is 9.90.